The fourth-order valence-electron chi connectivity index (χ4n) is 4.08. The van der Waals surface area contributed by atoms with Crippen molar-refractivity contribution >= 4 is 0 Å². The molecule has 0 bridgehead atoms. The number of aryl methyl sites for hydroxylation is 1. The van der Waals surface area contributed by atoms with Gasteiger partial charge in [-0.1, -0.05) is 12.8 Å². The van der Waals surface area contributed by atoms with Crippen LogP contribution in [0.3, 0.4) is 0 Å². The third kappa shape index (κ3) is 3.53. The standard InChI is InChI=1S/C17H29N3O2/c1-2-20-15(6-10-18-20)13-19(11-12-21)14-16-5-9-17(22-16)7-3-4-8-17/h6,10,16,21H,2-5,7-9,11-14H2,1H3. The maximum absolute atomic E-state index is 9.37. The van der Waals surface area contributed by atoms with Gasteiger partial charge < -0.3 is 9.84 Å². The lowest BCUT2D eigenvalue weighted by Gasteiger charge is -2.28. The molecule has 5 nitrogen and oxygen atoms in total. The van der Waals surface area contributed by atoms with Gasteiger partial charge in [-0.15, -0.1) is 0 Å². The average Bonchev–Trinajstić information content (AvgIpc) is 3.23. The first-order chi connectivity index (χ1) is 10.7. The van der Waals surface area contributed by atoms with E-state index in [1.165, 1.54) is 37.8 Å². The first-order valence-electron chi connectivity index (χ1n) is 8.76. The molecule has 1 unspecified atom stereocenters. The number of hydrogen-bond donors (Lipinski definition) is 1. The van der Waals surface area contributed by atoms with Gasteiger partial charge in [-0.3, -0.25) is 9.58 Å². The van der Waals surface area contributed by atoms with Crippen molar-refractivity contribution in [2.45, 2.75) is 70.2 Å². The van der Waals surface area contributed by atoms with E-state index in [1.807, 2.05) is 10.9 Å². The third-order valence-electron chi connectivity index (χ3n) is 5.22. The molecule has 2 fully saturated rings. The fraction of sp³-hybridized carbons (Fsp3) is 0.824. The van der Waals surface area contributed by atoms with Crippen molar-refractivity contribution in [3.8, 4) is 0 Å². The van der Waals surface area contributed by atoms with Gasteiger partial charge in [0.15, 0.2) is 0 Å². The molecule has 1 aliphatic carbocycles. The van der Waals surface area contributed by atoms with Crippen LogP contribution in [0.4, 0.5) is 0 Å². The van der Waals surface area contributed by atoms with Crippen LogP contribution >= 0.6 is 0 Å². The topological polar surface area (TPSA) is 50.5 Å². The van der Waals surface area contributed by atoms with Gasteiger partial charge in [0.25, 0.3) is 0 Å². The Labute approximate surface area is 133 Å². The van der Waals surface area contributed by atoms with Gasteiger partial charge in [-0.25, -0.2) is 0 Å². The van der Waals surface area contributed by atoms with Crippen LogP contribution < -0.4 is 0 Å². The summed E-state index contributed by atoms with van der Waals surface area (Å²) < 4.78 is 8.44. The lowest BCUT2D eigenvalue weighted by atomic mass is 9.98. The summed E-state index contributed by atoms with van der Waals surface area (Å²) in [7, 11) is 0. The first-order valence-corrected chi connectivity index (χ1v) is 8.76. The minimum atomic E-state index is 0.193. The maximum Gasteiger partial charge on any atom is 0.0710 e. The molecule has 1 aromatic rings. The van der Waals surface area contributed by atoms with E-state index >= 15 is 0 Å². The van der Waals surface area contributed by atoms with E-state index in [9.17, 15) is 5.11 Å². The van der Waals surface area contributed by atoms with Crippen molar-refractivity contribution in [3.05, 3.63) is 18.0 Å². The number of nitrogens with zero attached hydrogens (tertiary/aromatic N) is 3. The number of rotatable bonds is 7. The second-order valence-corrected chi connectivity index (χ2v) is 6.77. The quantitative estimate of drug-likeness (QED) is 0.839. The van der Waals surface area contributed by atoms with Crippen LogP contribution in [0.2, 0.25) is 0 Å². The summed E-state index contributed by atoms with van der Waals surface area (Å²) in [4.78, 5) is 2.31. The monoisotopic (exact) mass is 307 g/mol. The number of aromatic nitrogens is 2. The van der Waals surface area contributed by atoms with Crippen LogP contribution in [0.1, 0.15) is 51.1 Å². The summed E-state index contributed by atoms with van der Waals surface area (Å²) in [6, 6.07) is 2.07. The Morgan fingerprint density at radius 1 is 1.41 bits per heavy atom. The molecule has 5 heteroatoms. The molecule has 2 aliphatic rings. The molecular formula is C17H29N3O2. The highest BCUT2D eigenvalue weighted by Crippen LogP contribution is 2.43. The number of aliphatic hydroxyl groups is 1. The molecule has 3 rings (SSSR count). The minimum Gasteiger partial charge on any atom is -0.395 e. The van der Waals surface area contributed by atoms with E-state index in [0.29, 0.717) is 12.6 Å². The fourth-order valence-corrected chi connectivity index (χ4v) is 4.08. The largest absolute Gasteiger partial charge is 0.395 e. The molecule has 0 amide bonds. The lowest BCUT2D eigenvalue weighted by Crippen LogP contribution is -2.36. The number of ether oxygens (including phenoxy) is 1. The highest BCUT2D eigenvalue weighted by atomic mass is 16.5. The molecule has 1 saturated carbocycles. The first kappa shape index (κ1) is 16.0. The van der Waals surface area contributed by atoms with Crippen molar-refractivity contribution in [1.29, 1.82) is 0 Å². The predicted molar refractivity (Wildman–Crippen MR) is 85.6 cm³/mol. The molecular weight excluding hydrogens is 278 g/mol. The Morgan fingerprint density at radius 3 is 2.95 bits per heavy atom. The maximum atomic E-state index is 9.37. The molecule has 1 N–H and O–H groups in total. The molecule has 1 spiro atoms. The Kier molecular flexibility index (Phi) is 5.16. The molecule has 2 heterocycles. The van der Waals surface area contributed by atoms with Crippen molar-refractivity contribution < 1.29 is 9.84 Å². The van der Waals surface area contributed by atoms with Crippen molar-refractivity contribution in [2.24, 2.45) is 0 Å². The highest BCUT2D eigenvalue weighted by Gasteiger charge is 2.42. The second kappa shape index (κ2) is 7.11. The van der Waals surface area contributed by atoms with E-state index in [4.69, 9.17) is 4.74 Å². The van der Waals surface area contributed by atoms with E-state index in [2.05, 4.69) is 23.0 Å². The van der Waals surface area contributed by atoms with Crippen molar-refractivity contribution in [3.63, 3.8) is 0 Å². The zero-order valence-corrected chi connectivity index (χ0v) is 13.7. The molecule has 1 aliphatic heterocycles. The Hall–Kier alpha value is -0.910. The zero-order chi connectivity index (χ0) is 15.4. The predicted octanol–water partition coefficient (Wildman–Crippen LogP) is 2.19. The van der Waals surface area contributed by atoms with Crippen LogP contribution in [0.25, 0.3) is 0 Å². The van der Waals surface area contributed by atoms with E-state index in [0.717, 1.165) is 26.1 Å². The van der Waals surface area contributed by atoms with Gasteiger partial charge in [-0.05, 0) is 38.7 Å². The second-order valence-electron chi connectivity index (χ2n) is 6.77. The van der Waals surface area contributed by atoms with Crippen LogP contribution in [0, 0.1) is 0 Å². The molecule has 0 aromatic carbocycles. The van der Waals surface area contributed by atoms with Crippen LogP contribution in [0.15, 0.2) is 12.3 Å². The zero-order valence-electron chi connectivity index (χ0n) is 13.7. The van der Waals surface area contributed by atoms with Gasteiger partial charge >= 0.3 is 0 Å². The molecule has 124 valence electrons. The summed E-state index contributed by atoms with van der Waals surface area (Å²) in [6.07, 6.45) is 9.69. The van der Waals surface area contributed by atoms with Crippen molar-refractivity contribution in [2.75, 3.05) is 19.7 Å². The van der Waals surface area contributed by atoms with Gasteiger partial charge in [0.1, 0.15) is 0 Å². The molecule has 1 saturated heterocycles. The van der Waals surface area contributed by atoms with Gasteiger partial charge in [0.2, 0.25) is 0 Å². The van der Waals surface area contributed by atoms with Crippen LogP contribution in [-0.2, 0) is 17.8 Å². The molecule has 22 heavy (non-hydrogen) atoms. The highest BCUT2D eigenvalue weighted by molar-refractivity contribution is 5.01. The number of hydrogen-bond acceptors (Lipinski definition) is 4. The summed E-state index contributed by atoms with van der Waals surface area (Å²) in [6.45, 7) is 5.63. The lowest BCUT2D eigenvalue weighted by molar-refractivity contribution is -0.0492. The Bertz CT molecular complexity index is 468. The average molecular weight is 307 g/mol. The van der Waals surface area contributed by atoms with E-state index < -0.39 is 0 Å². The molecule has 0 radical (unpaired) electrons. The SMILES string of the molecule is CCn1nccc1CN(CCO)CC1CCC2(CCCC2)O1. The van der Waals surface area contributed by atoms with E-state index in [-0.39, 0.29) is 12.2 Å². The van der Waals surface area contributed by atoms with Crippen molar-refractivity contribution in [1.82, 2.24) is 14.7 Å². The van der Waals surface area contributed by atoms with Gasteiger partial charge in [0, 0.05) is 32.4 Å². The van der Waals surface area contributed by atoms with Crippen LogP contribution in [0.5, 0.6) is 0 Å². The van der Waals surface area contributed by atoms with Gasteiger partial charge in [0.05, 0.1) is 24.0 Å². The molecule has 1 aromatic heterocycles. The third-order valence-corrected chi connectivity index (χ3v) is 5.22. The van der Waals surface area contributed by atoms with Gasteiger partial charge in [-0.2, -0.15) is 5.10 Å². The Balaban J connectivity index is 1.57. The Morgan fingerprint density at radius 2 is 2.23 bits per heavy atom. The van der Waals surface area contributed by atoms with E-state index in [1.54, 1.807) is 0 Å². The smallest absolute Gasteiger partial charge is 0.0710 e. The summed E-state index contributed by atoms with van der Waals surface area (Å²) in [5.74, 6) is 0. The molecule has 1 atom stereocenters. The normalized spacial score (nSPS) is 23.9. The minimum absolute atomic E-state index is 0.193. The number of aliphatic hydroxyl groups excluding tert-OH is 1. The summed E-state index contributed by atoms with van der Waals surface area (Å²) in [5, 5.41) is 13.7. The summed E-state index contributed by atoms with van der Waals surface area (Å²) >= 11 is 0. The van der Waals surface area contributed by atoms with Crippen LogP contribution in [-0.4, -0.2) is 51.2 Å². The summed E-state index contributed by atoms with van der Waals surface area (Å²) in [5.41, 5.74) is 1.41.